The van der Waals surface area contributed by atoms with Crippen molar-refractivity contribution in [2.24, 2.45) is 18.4 Å². The lowest BCUT2D eigenvalue weighted by molar-refractivity contribution is -0.120. The maximum Gasteiger partial charge on any atom is 0.258 e. The van der Waals surface area contributed by atoms with Crippen LogP contribution in [0, 0.1) is 18.3 Å². The molecule has 0 saturated carbocycles. The van der Waals surface area contributed by atoms with Gasteiger partial charge in [0.15, 0.2) is 0 Å². The highest BCUT2D eigenvalue weighted by atomic mass is 16.2. The van der Waals surface area contributed by atoms with Gasteiger partial charge in [-0.3, -0.25) is 14.3 Å². The van der Waals surface area contributed by atoms with Gasteiger partial charge >= 0.3 is 0 Å². The van der Waals surface area contributed by atoms with Gasteiger partial charge in [0.1, 0.15) is 5.78 Å². The number of anilines is 1. The molecule has 0 aliphatic carbocycles. The second-order valence-electron chi connectivity index (χ2n) is 13.4. The molecule has 0 radical (unpaired) electrons. The van der Waals surface area contributed by atoms with Crippen LogP contribution < -0.4 is 4.90 Å². The summed E-state index contributed by atoms with van der Waals surface area (Å²) < 4.78 is 1.91. The van der Waals surface area contributed by atoms with Gasteiger partial charge in [-0.2, -0.15) is 5.10 Å². The third-order valence-electron chi connectivity index (χ3n) is 9.03. The fourth-order valence-electron chi connectivity index (χ4n) is 6.28. The minimum Gasteiger partial charge on any atom is -0.304 e. The average molecular weight is 555 g/mol. The largest absolute Gasteiger partial charge is 0.304 e. The molecule has 5 rings (SSSR count). The molecule has 0 N–H and O–H groups in total. The highest BCUT2D eigenvalue weighted by Crippen LogP contribution is 2.32. The number of benzene rings is 2. The standard InChI is InChI=1S/C35H46N4O2/c1-25-20-29(34(41)39-24-30-23-36-37(5)33(30)22-28-8-6-7-9-32(28)39)11-10-27(25)12-13-31(40)21-26-14-17-38(18-15-26)19-16-35(2,3)4/h6-11,20,23,26H,12-19,21-22,24H2,1-5H3. The summed E-state index contributed by atoms with van der Waals surface area (Å²) in [6.45, 7) is 12.9. The van der Waals surface area contributed by atoms with Crippen LogP contribution in [0.1, 0.15) is 91.2 Å². The van der Waals surface area contributed by atoms with Crippen molar-refractivity contribution in [2.45, 2.75) is 79.2 Å². The number of piperidine rings is 1. The Balaban J connectivity index is 1.17. The minimum atomic E-state index is -0.00581. The maximum atomic E-state index is 13.8. The lowest BCUT2D eigenvalue weighted by Gasteiger charge is -2.33. The smallest absolute Gasteiger partial charge is 0.258 e. The Hall–Kier alpha value is -3.25. The number of amides is 1. The first-order valence-electron chi connectivity index (χ1n) is 15.3. The van der Waals surface area contributed by atoms with E-state index in [-0.39, 0.29) is 5.91 Å². The van der Waals surface area contributed by atoms with Crippen LogP contribution in [0.15, 0.2) is 48.7 Å². The summed E-state index contributed by atoms with van der Waals surface area (Å²) >= 11 is 0. The molecule has 3 heterocycles. The fraction of sp³-hybridized carbons (Fsp3) is 0.514. The summed E-state index contributed by atoms with van der Waals surface area (Å²) in [6, 6.07) is 14.1. The topological polar surface area (TPSA) is 58.4 Å². The SMILES string of the molecule is Cc1cc(C(=O)N2Cc3cnn(C)c3Cc3ccccc32)ccc1CCC(=O)CC1CCN(CCC(C)(C)C)CC1. The molecular formula is C35H46N4O2. The van der Waals surface area contributed by atoms with E-state index in [9.17, 15) is 9.59 Å². The zero-order valence-corrected chi connectivity index (χ0v) is 25.6. The molecule has 41 heavy (non-hydrogen) atoms. The van der Waals surface area contributed by atoms with Gasteiger partial charge < -0.3 is 9.80 Å². The van der Waals surface area contributed by atoms with E-state index in [0.29, 0.717) is 42.1 Å². The number of aryl methyl sites for hydroxylation is 3. The Kier molecular flexibility index (Phi) is 8.79. The van der Waals surface area contributed by atoms with E-state index in [0.717, 1.165) is 79.0 Å². The van der Waals surface area contributed by atoms with Crippen molar-refractivity contribution in [3.05, 3.63) is 82.2 Å². The molecular weight excluding hydrogens is 508 g/mol. The van der Waals surface area contributed by atoms with Crippen molar-refractivity contribution in [1.29, 1.82) is 0 Å². The zero-order chi connectivity index (χ0) is 29.1. The molecule has 6 nitrogen and oxygen atoms in total. The molecule has 1 amide bonds. The molecule has 0 spiro atoms. The molecule has 0 atom stereocenters. The van der Waals surface area contributed by atoms with E-state index in [1.807, 2.05) is 59.2 Å². The van der Waals surface area contributed by atoms with Gasteiger partial charge in [0.25, 0.3) is 5.91 Å². The number of fused-ring (bicyclic) bond motifs is 2. The molecule has 2 aliphatic rings. The Bertz CT molecular complexity index is 1390. The van der Waals surface area contributed by atoms with Crippen LogP contribution in [0.25, 0.3) is 0 Å². The second-order valence-corrected chi connectivity index (χ2v) is 13.4. The van der Waals surface area contributed by atoms with E-state index < -0.39 is 0 Å². The van der Waals surface area contributed by atoms with Gasteiger partial charge in [-0.15, -0.1) is 0 Å². The van der Waals surface area contributed by atoms with E-state index in [1.54, 1.807) is 0 Å². The highest BCUT2D eigenvalue weighted by molar-refractivity contribution is 6.06. The number of hydrogen-bond donors (Lipinski definition) is 0. The van der Waals surface area contributed by atoms with Crippen LogP contribution >= 0.6 is 0 Å². The summed E-state index contributed by atoms with van der Waals surface area (Å²) in [4.78, 5) is 31.2. The number of Topliss-reactive ketones (excluding diaryl/α,β-unsaturated/α-hetero) is 1. The van der Waals surface area contributed by atoms with E-state index in [1.165, 1.54) is 6.42 Å². The third kappa shape index (κ3) is 7.16. The number of rotatable bonds is 8. The molecule has 1 aromatic heterocycles. The third-order valence-corrected chi connectivity index (χ3v) is 9.03. The van der Waals surface area contributed by atoms with Gasteiger partial charge in [0.2, 0.25) is 0 Å². The van der Waals surface area contributed by atoms with Crippen LogP contribution in [-0.2, 0) is 31.2 Å². The average Bonchev–Trinajstić information content (AvgIpc) is 3.18. The van der Waals surface area contributed by atoms with E-state index in [2.05, 4.69) is 43.8 Å². The fourth-order valence-corrected chi connectivity index (χ4v) is 6.28. The first-order valence-corrected chi connectivity index (χ1v) is 15.3. The number of carbonyl (C=O) groups excluding carboxylic acids is 2. The molecule has 218 valence electrons. The normalized spacial score (nSPS) is 16.3. The van der Waals surface area contributed by atoms with Crippen LogP contribution in [0.3, 0.4) is 0 Å². The van der Waals surface area contributed by atoms with Crippen molar-refractivity contribution < 1.29 is 9.59 Å². The van der Waals surface area contributed by atoms with Crippen LogP contribution in [0.4, 0.5) is 5.69 Å². The summed E-state index contributed by atoms with van der Waals surface area (Å²) in [5, 5.41) is 4.44. The molecule has 0 bridgehead atoms. The lowest BCUT2D eigenvalue weighted by atomic mass is 9.88. The number of aromatic nitrogens is 2. The second kappa shape index (κ2) is 12.3. The summed E-state index contributed by atoms with van der Waals surface area (Å²) in [5.41, 5.74) is 7.59. The summed E-state index contributed by atoms with van der Waals surface area (Å²) in [6.07, 6.45) is 8.12. The monoisotopic (exact) mass is 554 g/mol. The van der Waals surface area contributed by atoms with E-state index >= 15 is 0 Å². The van der Waals surface area contributed by atoms with E-state index in [4.69, 9.17) is 0 Å². The number of hydrogen-bond acceptors (Lipinski definition) is 4. The predicted octanol–water partition coefficient (Wildman–Crippen LogP) is 6.52. The molecule has 1 fully saturated rings. The van der Waals surface area contributed by atoms with Crippen molar-refractivity contribution >= 4 is 17.4 Å². The first kappa shape index (κ1) is 29.2. The molecule has 6 heteroatoms. The molecule has 1 saturated heterocycles. The van der Waals surface area contributed by atoms with Gasteiger partial charge in [-0.25, -0.2) is 0 Å². The number of carbonyl (C=O) groups is 2. The Labute approximate surface area is 245 Å². The Morgan fingerprint density at radius 1 is 1.02 bits per heavy atom. The van der Waals surface area contributed by atoms with Gasteiger partial charge in [0, 0.05) is 48.8 Å². The predicted molar refractivity (Wildman–Crippen MR) is 165 cm³/mol. The first-order chi connectivity index (χ1) is 19.6. The number of likely N-dealkylation sites (tertiary alicyclic amines) is 1. The van der Waals surface area contributed by atoms with Crippen LogP contribution in [0.2, 0.25) is 0 Å². The Morgan fingerprint density at radius 3 is 2.51 bits per heavy atom. The van der Waals surface area contributed by atoms with Gasteiger partial charge in [0.05, 0.1) is 12.7 Å². The van der Waals surface area contributed by atoms with Gasteiger partial charge in [-0.1, -0.05) is 45.0 Å². The number of para-hydroxylation sites is 1. The van der Waals surface area contributed by atoms with Crippen molar-refractivity contribution in [1.82, 2.24) is 14.7 Å². The molecule has 3 aromatic rings. The molecule has 2 aliphatic heterocycles. The number of nitrogens with zero attached hydrogens (tertiary/aromatic N) is 4. The zero-order valence-electron chi connectivity index (χ0n) is 25.6. The quantitative estimate of drug-likeness (QED) is 0.318. The molecule has 2 aromatic carbocycles. The van der Waals surface area contributed by atoms with Gasteiger partial charge in [-0.05, 0) is 98.5 Å². The van der Waals surface area contributed by atoms with Crippen molar-refractivity contribution in [3.8, 4) is 0 Å². The summed E-state index contributed by atoms with van der Waals surface area (Å²) in [7, 11) is 1.96. The van der Waals surface area contributed by atoms with Crippen LogP contribution in [-0.4, -0.2) is 46.0 Å². The van der Waals surface area contributed by atoms with Crippen LogP contribution in [0.5, 0.6) is 0 Å². The minimum absolute atomic E-state index is 0.00581. The Morgan fingerprint density at radius 2 is 1.78 bits per heavy atom. The summed E-state index contributed by atoms with van der Waals surface area (Å²) in [5.74, 6) is 0.881. The highest BCUT2D eigenvalue weighted by Gasteiger charge is 2.27. The maximum absolute atomic E-state index is 13.8. The van der Waals surface area contributed by atoms with Crippen molar-refractivity contribution in [3.63, 3.8) is 0 Å². The molecule has 0 unspecified atom stereocenters. The number of ketones is 1. The van der Waals surface area contributed by atoms with Crippen molar-refractivity contribution in [2.75, 3.05) is 24.5 Å². The lowest BCUT2D eigenvalue weighted by Crippen LogP contribution is -2.36.